The summed E-state index contributed by atoms with van der Waals surface area (Å²) in [5.41, 5.74) is 9.20. The second-order valence-corrected chi connectivity index (χ2v) is 10.8. The van der Waals surface area contributed by atoms with Crippen molar-refractivity contribution in [1.82, 2.24) is 9.88 Å². The van der Waals surface area contributed by atoms with E-state index < -0.39 is 21.6 Å². The minimum atomic E-state index is -3.63. The molecule has 10 nitrogen and oxygen atoms in total. The van der Waals surface area contributed by atoms with Gasteiger partial charge in [-0.15, -0.1) is 0 Å². The number of carboxylic acid groups (broad SMARTS) is 1. The lowest BCUT2D eigenvalue weighted by molar-refractivity contribution is -0.134. The Bertz CT molecular complexity index is 1490. The number of aliphatic carboxylic acids is 1. The molecule has 3 aromatic rings. The van der Waals surface area contributed by atoms with E-state index in [0.29, 0.717) is 18.9 Å². The number of nitrogens with zero attached hydrogens (tertiary/aromatic N) is 4. The first-order valence-corrected chi connectivity index (χ1v) is 14.1. The Balaban J connectivity index is 0.000000826. The van der Waals surface area contributed by atoms with Crippen LogP contribution in [-0.4, -0.2) is 60.0 Å². The van der Waals surface area contributed by atoms with Crippen molar-refractivity contribution >= 4 is 27.9 Å². The smallest absolute Gasteiger partial charge is 0.309 e. The largest absolute Gasteiger partial charge is 0.481 e. The van der Waals surface area contributed by atoms with Crippen LogP contribution in [0.1, 0.15) is 37.8 Å². The summed E-state index contributed by atoms with van der Waals surface area (Å²) in [5, 5.41) is 7.42. The molecule has 0 aliphatic carbocycles. The fourth-order valence-electron chi connectivity index (χ4n) is 4.62. The van der Waals surface area contributed by atoms with Crippen molar-refractivity contribution in [1.29, 1.82) is 0 Å². The normalized spacial score (nSPS) is 18.3. The minimum Gasteiger partial charge on any atom is -0.481 e. The van der Waals surface area contributed by atoms with Crippen molar-refractivity contribution in [2.24, 2.45) is 15.7 Å². The molecule has 0 radical (unpaired) electrons. The molecule has 0 saturated carbocycles. The van der Waals surface area contributed by atoms with Crippen LogP contribution in [0.15, 0.2) is 83.0 Å². The second kappa shape index (κ2) is 11.6. The zero-order chi connectivity index (χ0) is 28.0. The van der Waals surface area contributed by atoms with Gasteiger partial charge in [-0.05, 0) is 59.4 Å². The number of guanidine groups is 1. The predicted octanol–water partition coefficient (Wildman–Crippen LogP) is 3.63. The molecule has 0 spiro atoms. The minimum absolute atomic E-state index is 0.0353. The highest BCUT2D eigenvalue weighted by Gasteiger charge is 2.49. The third-order valence-electron chi connectivity index (χ3n) is 6.16. The monoisotopic (exact) mass is 549 g/mol. The van der Waals surface area contributed by atoms with E-state index >= 15 is 0 Å². The van der Waals surface area contributed by atoms with E-state index in [1.165, 1.54) is 0 Å². The van der Waals surface area contributed by atoms with Gasteiger partial charge in [0.25, 0.3) is 5.97 Å². The zero-order valence-electron chi connectivity index (χ0n) is 21.8. The maximum atomic E-state index is 12.1. The first-order valence-electron chi connectivity index (χ1n) is 12.6. The number of amidine groups is 1. The SMILES string of the molecule is CC(=O)O.CCCS(=O)(=O)Oc1ccc(C2(c3cccc(-c4cccnc4)c3)N=C(N)N3CCCN=C32)cc1. The van der Waals surface area contributed by atoms with E-state index in [9.17, 15) is 8.42 Å². The number of benzene rings is 2. The van der Waals surface area contributed by atoms with Crippen LogP contribution in [0.2, 0.25) is 0 Å². The predicted molar refractivity (Wildman–Crippen MR) is 150 cm³/mol. The summed E-state index contributed by atoms with van der Waals surface area (Å²) in [6.45, 7) is 4.32. The molecule has 3 heterocycles. The molecule has 39 heavy (non-hydrogen) atoms. The highest BCUT2D eigenvalue weighted by molar-refractivity contribution is 7.87. The van der Waals surface area contributed by atoms with Gasteiger partial charge in [-0.1, -0.05) is 43.3 Å². The molecule has 1 aromatic heterocycles. The van der Waals surface area contributed by atoms with Crippen LogP contribution in [0.3, 0.4) is 0 Å². The van der Waals surface area contributed by atoms with Crippen LogP contribution < -0.4 is 9.92 Å². The number of fused-ring (bicyclic) bond motifs is 1. The van der Waals surface area contributed by atoms with E-state index in [1.807, 2.05) is 53.6 Å². The van der Waals surface area contributed by atoms with Gasteiger partial charge in [-0.2, -0.15) is 8.42 Å². The quantitative estimate of drug-likeness (QED) is 0.425. The van der Waals surface area contributed by atoms with E-state index in [2.05, 4.69) is 11.1 Å². The Morgan fingerprint density at radius 3 is 2.49 bits per heavy atom. The number of hydrogen-bond donors (Lipinski definition) is 2. The van der Waals surface area contributed by atoms with Gasteiger partial charge in [-0.25, -0.2) is 4.99 Å². The summed E-state index contributed by atoms with van der Waals surface area (Å²) < 4.78 is 29.5. The number of carboxylic acids is 1. The lowest BCUT2D eigenvalue weighted by Gasteiger charge is -2.33. The second-order valence-electron chi connectivity index (χ2n) is 9.10. The average molecular weight is 550 g/mol. The van der Waals surface area contributed by atoms with Gasteiger partial charge in [0.15, 0.2) is 11.5 Å². The zero-order valence-corrected chi connectivity index (χ0v) is 22.6. The summed E-state index contributed by atoms with van der Waals surface area (Å²) in [4.78, 5) is 25.1. The number of carbonyl (C=O) groups is 1. The van der Waals surface area contributed by atoms with Crippen molar-refractivity contribution < 1.29 is 22.5 Å². The average Bonchev–Trinajstić information content (AvgIpc) is 3.22. The van der Waals surface area contributed by atoms with E-state index in [0.717, 1.165) is 48.0 Å². The Hall–Kier alpha value is -4.25. The van der Waals surface area contributed by atoms with Gasteiger partial charge in [-0.3, -0.25) is 19.7 Å². The van der Waals surface area contributed by atoms with Crippen molar-refractivity contribution in [3.63, 3.8) is 0 Å². The molecular weight excluding hydrogens is 518 g/mol. The first kappa shape index (κ1) is 27.8. The van der Waals surface area contributed by atoms with Crippen molar-refractivity contribution in [2.45, 2.75) is 32.2 Å². The summed E-state index contributed by atoms with van der Waals surface area (Å²) in [5.74, 6) is 0.587. The number of rotatable bonds is 7. The van der Waals surface area contributed by atoms with Crippen LogP contribution in [-0.2, 0) is 20.5 Å². The topological polar surface area (TPSA) is 148 Å². The molecule has 11 heteroatoms. The van der Waals surface area contributed by atoms with Crippen LogP contribution in [0.5, 0.6) is 5.75 Å². The van der Waals surface area contributed by atoms with E-state index in [-0.39, 0.29) is 11.5 Å². The summed E-state index contributed by atoms with van der Waals surface area (Å²) >= 11 is 0. The molecule has 2 aromatic carbocycles. The fraction of sp³-hybridized carbons (Fsp3) is 0.286. The maximum absolute atomic E-state index is 12.1. The first-order chi connectivity index (χ1) is 18.7. The van der Waals surface area contributed by atoms with Crippen molar-refractivity contribution in [3.8, 4) is 16.9 Å². The molecule has 0 saturated heterocycles. The van der Waals surface area contributed by atoms with Gasteiger partial charge in [0, 0.05) is 32.4 Å². The lowest BCUT2D eigenvalue weighted by Crippen LogP contribution is -2.46. The van der Waals surface area contributed by atoms with Gasteiger partial charge in [0.05, 0.1) is 5.75 Å². The summed E-state index contributed by atoms with van der Waals surface area (Å²) in [6, 6.07) is 19.0. The molecule has 3 N–H and O–H groups in total. The molecule has 1 atom stereocenters. The molecule has 1 unspecified atom stereocenters. The molecule has 0 amide bonds. The summed E-state index contributed by atoms with van der Waals surface area (Å²) in [6.07, 6.45) is 4.95. The molecule has 2 aliphatic rings. The fourth-order valence-corrected chi connectivity index (χ4v) is 5.61. The van der Waals surface area contributed by atoms with Crippen molar-refractivity contribution in [2.75, 3.05) is 18.8 Å². The Morgan fingerprint density at radius 1 is 1.10 bits per heavy atom. The Labute approximate surface area is 228 Å². The number of hydrogen-bond acceptors (Lipinski definition) is 9. The van der Waals surface area contributed by atoms with E-state index in [4.69, 9.17) is 29.8 Å². The van der Waals surface area contributed by atoms with Gasteiger partial charge >= 0.3 is 10.1 Å². The van der Waals surface area contributed by atoms with Crippen LogP contribution in [0, 0.1) is 0 Å². The third-order valence-corrected chi connectivity index (χ3v) is 7.52. The van der Waals surface area contributed by atoms with Gasteiger partial charge < -0.3 is 15.0 Å². The molecule has 0 bridgehead atoms. The molecule has 5 rings (SSSR count). The molecule has 2 aliphatic heterocycles. The highest BCUT2D eigenvalue weighted by Crippen LogP contribution is 2.43. The molecule has 204 valence electrons. The van der Waals surface area contributed by atoms with Gasteiger partial charge in [0.2, 0.25) is 0 Å². The summed E-state index contributed by atoms with van der Waals surface area (Å²) in [7, 11) is -3.63. The van der Waals surface area contributed by atoms with E-state index in [1.54, 1.807) is 25.3 Å². The number of aliphatic imine (C=N–C) groups is 2. The number of pyridine rings is 1. The lowest BCUT2D eigenvalue weighted by atomic mass is 9.81. The van der Waals surface area contributed by atoms with Gasteiger partial charge in [0.1, 0.15) is 11.6 Å². The number of aromatic nitrogens is 1. The standard InChI is InChI=1S/C26H27N5O3S.C2H4O2/c1-2-16-35(32,33)34-23-11-9-21(10-12-23)26(24-29-14-5-15-31(24)25(27)30-26)22-8-3-6-19(17-22)20-7-4-13-28-18-20;1-2(3)4/h3-4,6-13,17-18H,2,5,14-16H2,1H3,(H2,27,30);1H3,(H,3,4). The van der Waals surface area contributed by atoms with Crippen LogP contribution in [0.25, 0.3) is 11.1 Å². The Morgan fingerprint density at radius 2 is 1.82 bits per heavy atom. The maximum Gasteiger partial charge on any atom is 0.309 e. The Kier molecular flexibility index (Phi) is 8.29. The molecule has 0 fully saturated rings. The highest BCUT2D eigenvalue weighted by atomic mass is 32.2. The third kappa shape index (κ3) is 6.09. The van der Waals surface area contributed by atoms with Crippen LogP contribution >= 0.6 is 0 Å². The number of nitrogens with two attached hydrogens (primary N) is 1. The van der Waals surface area contributed by atoms with Crippen LogP contribution in [0.4, 0.5) is 0 Å². The molecular formula is C28H31N5O5S. The van der Waals surface area contributed by atoms with Crippen molar-refractivity contribution in [3.05, 3.63) is 84.2 Å².